The molecule has 0 aliphatic heterocycles. The van der Waals surface area contributed by atoms with Crippen molar-refractivity contribution < 1.29 is 42.9 Å². The lowest BCUT2D eigenvalue weighted by atomic mass is 10.0. The fraction of sp³-hybridized carbons (Fsp3) is 0.895. The van der Waals surface area contributed by atoms with Crippen LogP contribution in [0.1, 0.15) is 438 Å². The molecular weight excluding hydrogens is 1170 g/mol. The topological polar surface area (TPSA) is 111 Å². The van der Waals surface area contributed by atoms with E-state index in [9.17, 15) is 19.5 Å². The van der Waals surface area contributed by atoms with Gasteiger partial charge in [0.25, 0.3) is 0 Å². The van der Waals surface area contributed by atoms with Crippen LogP contribution in [0.2, 0.25) is 0 Å². The molecule has 560 valence electrons. The van der Waals surface area contributed by atoms with E-state index in [0.29, 0.717) is 17.4 Å². The molecule has 2 unspecified atom stereocenters. The Labute approximate surface area is 591 Å². The summed E-state index contributed by atoms with van der Waals surface area (Å²) in [6, 6.07) is 0. The lowest BCUT2D eigenvalue weighted by Gasteiger charge is -2.26. The summed E-state index contributed by atoms with van der Waals surface area (Å²) in [7, 11) is 5.95. The summed E-state index contributed by atoms with van der Waals surface area (Å²) in [4.78, 5) is 37.6. The molecule has 0 amide bonds. The zero-order valence-corrected chi connectivity index (χ0v) is 64.3. The molecule has 0 aliphatic carbocycles. The number of allylic oxidation sites excluding steroid dienone is 6. The molecule has 2 atom stereocenters. The van der Waals surface area contributed by atoms with Gasteiger partial charge in [0, 0.05) is 12.8 Å². The van der Waals surface area contributed by atoms with E-state index in [2.05, 4.69) is 50.3 Å². The summed E-state index contributed by atoms with van der Waals surface area (Å²) in [5, 5.41) is 11.9. The highest BCUT2D eigenvalue weighted by molar-refractivity contribution is 5.70. The Balaban J connectivity index is 3.92. The minimum absolute atomic E-state index is 0.151. The zero-order chi connectivity index (χ0) is 69.0. The molecule has 0 aromatic heterocycles. The van der Waals surface area contributed by atoms with Crippen molar-refractivity contribution in [3.05, 3.63) is 36.5 Å². The number of carbonyl (C=O) groups is 3. The Kier molecular flexibility index (Phi) is 75.2. The molecule has 0 aromatic rings. The molecule has 0 saturated heterocycles. The van der Waals surface area contributed by atoms with Crippen LogP contribution in [0.15, 0.2) is 36.5 Å². The second-order valence-electron chi connectivity index (χ2n) is 30.1. The number of hydrogen-bond donors (Lipinski definition) is 0. The first-order valence-corrected chi connectivity index (χ1v) is 42.1. The van der Waals surface area contributed by atoms with Crippen molar-refractivity contribution in [1.82, 2.24) is 0 Å². The Bertz CT molecular complexity index is 1650. The third-order valence-electron chi connectivity index (χ3n) is 19.4. The number of likely N-dealkylation sites (N-methyl/N-ethyl adjacent to an activating group) is 1. The van der Waals surface area contributed by atoms with Crippen LogP contribution in [0, 0.1) is 0 Å². The summed E-state index contributed by atoms with van der Waals surface area (Å²) in [5.74, 6) is -2.25. The molecule has 0 radical (unpaired) electrons. The van der Waals surface area contributed by atoms with E-state index in [-0.39, 0.29) is 32.2 Å². The van der Waals surface area contributed by atoms with Gasteiger partial charge in [-0.3, -0.25) is 9.59 Å². The predicted molar refractivity (Wildman–Crippen MR) is 408 cm³/mol. The van der Waals surface area contributed by atoms with Crippen LogP contribution in [-0.2, 0) is 33.3 Å². The van der Waals surface area contributed by atoms with Gasteiger partial charge in [-0.1, -0.05) is 391 Å². The van der Waals surface area contributed by atoms with Crippen LogP contribution < -0.4 is 5.11 Å². The summed E-state index contributed by atoms with van der Waals surface area (Å²) in [5.41, 5.74) is 0. The van der Waals surface area contributed by atoms with Crippen LogP contribution >= 0.6 is 0 Å². The van der Waals surface area contributed by atoms with Crippen molar-refractivity contribution in [2.45, 2.75) is 450 Å². The lowest BCUT2D eigenvalue weighted by Crippen LogP contribution is -2.44. The number of carboxylic acid groups (broad SMARTS) is 1. The monoisotopic (exact) mass is 1340 g/mol. The van der Waals surface area contributed by atoms with Crippen molar-refractivity contribution in [2.24, 2.45) is 0 Å². The summed E-state index contributed by atoms with van der Waals surface area (Å²) >= 11 is 0. The summed E-state index contributed by atoms with van der Waals surface area (Å²) < 4.78 is 22.9. The normalized spacial score (nSPS) is 12.7. The standard InChI is InChI=1S/C86H163NO8/c1-6-8-10-12-14-16-18-20-22-24-26-28-30-32-34-36-38-39-40-41-42-43-44-45-47-48-50-52-54-56-58-60-62-64-66-68-70-72-74-76-83(88)93-80-82(81-94-86(85(90)91)92-79-78-87(3,4)5)95-84(89)77-75-73-71-69-67-65-63-61-59-57-55-53-51-49-46-37-35-33-31-29-27-25-23-21-19-17-15-13-11-9-7-2/h19,21,24-27,82,86H,6-18,20,22-23,28-81H2,1-5H3/b21-19-,26-24-,27-25-. The molecule has 9 nitrogen and oxygen atoms in total. The maximum Gasteiger partial charge on any atom is 0.306 e. The fourth-order valence-electron chi connectivity index (χ4n) is 12.9. The number of nitrogens with zero attached hydrogens (tertiary/aromatic N) is 1. The number of unbranched alkanes of at least 4 members (excludes halogenated alkanes) is 59. The van der Waals surface area contributed by atoms with Crippen molar-refractivity contribution in [3.63, 3.8) is 0 Å². The van der Waals surface area contributed by atoms with Gasteiger partial charge in [0.15, 0.2) is 12.4 Å². The molecule has 0 saturated carbocycles. The Hall–Kier alpha value is -2.49. The van der Waals surface area contributed by atoms with Gasteiger partial charge in [-0.2, -0.15) is 0 Å². The Morgan fingerprint density at radius 2 is 0.568 bits per heavy atom. The smallest absolute Gasteiger partial charge is 0.306 e. The average molecular weight is 1340 g/mol. The van der Waals surface area contributed by atoms with E-state index >= 15 is 0 Å². The minimum atomic E-state index is -1.62. The second kappa shape index (κ2) is 77.3. The SMILES string of the molecule is CCCCCCC/C=C\C/C=C\CCCCCCCCCCCCCCCCCCCCCC(=O)OC(COC(=O)CCCCCCCCCCCCCCCCCCCCCCCCCCCCC/C=C\CCCCCCCCCC)COC(OCC[N+](C)(C)C)C(=O)[O-]. The van der Waals surface area contributed by atoms with Gasteiger partial charge >= 0.3 is 11.9 Å². The molecule has 0 aliphatic rings. The van der Waals surface area contributed by atoms with E-state index < -0.39 is 24.3 Å². The summed E-state index contributed by atoms with van der Waals surface area (Å²) in [6.45, 7) is 4.82. The number of hydrogen-bond acceptors (Lipinski definition) is 8. The highest BCUT2D eigenvalue weighted by Gasteiger charge is 2.22. The highest BCUT2D eigenvalue weighted by atomic mass is 16.7. The molecule has 0 bridgehead atoms. The van der Waals surface area contributed by atoms with E-state index in [0.717, 1.165) is 44.9 Å². The maximum atomic E-state index is 13.0. The first-order valence-electron chi connectivity index (χ1n) is 42.1. The summed E-state index contributed by atoms with van der Waals surface area (Å²) in [6.07, 6.45) is 97.2. The third-order valence-corrected chi connectivity index (χ3v) is 19.4. The van der Waals surface area contributed by atoms with E-state index in [1.165, 1.54) is 366 Å². The van der Waals surface area contributed by atoms with Gasteiger partial charge in [0.05, 0.1) is 40.3 Å². The van der Waals surface area contributed by atoms with Crippen LogP contribution in [0.5, 0.6) is 0 Å². The fourth-order valence-corrected chi connectivity index (χ4v) is 12.9. The molecule has 0 rings (SSSR count). The van der Waals surface area contributed by atoms with E-state index in [4.69, 9.17) is 18.9 Å². The van der Waals surface area contributed by atoms with Crippen molar-refractivity contribution in [1.29, 1.82) is 0 Å². The number of aliphatic carboxylic acids is 1. The Morgan fingerprint density at radius 3 is 0.842 bits per heavy atom. The van der Waals surface area contributed by atoms with Crippen molar-refractivity contribution in [3.8, 4) is 0 Å². The molecule has 95 heavy (non-hydrogen) atoms. The van der Waals surface area contributed by atoms with Gasteiger partial charge in [-0.15, -0.1) is 0 Å². The number of ether oxygens (including phenoxy) is 4. The van der Waals surface area contributed by atoms with Crippen LogP contribution in [-0.4, -0.2) is 82.3 Å². The molecule has 0 heterocycles. The highest BCUT2D eigenvalue weighted by Crippen LogP contribution is 2.20. The van der Waals surface area contributed by atoms with E-state index in [1.54, 1.807) is 0 Å². The number of carbonyl (C=O) groups excluding carboxylic acids is 3. The quantitative estimate of drug-likeness (QED) is 0.0195. The van der Waals surface area contributed by atoms with Crippen molar-refractivity contribution in [2.75, 3.05) is 47.5 Å². The van der Waals surface area contributed by atoms with Gasteiger partial charge in [-0.25, -0.2) is 0 Å². The zero-order valence-electron chi connectivity index (χ0n) is 64.3. The Morgan fingerprint density at radius 1 is 0.316 bits per heavy atom. The molecule has 9 heteroatoms. The first-order chi connectivity index (χ1) is 46.6. The molecule has 0 N–H and O–H groups in total. The molecular formula is C86H163NO8. The predicted octanol–water partition coefficient (Wildman–Crippen LogP) is 25.7. The maximum absolute atomic E-state index is 13.0. The van der Waals surface area contributed by atoms with Crippen molar-refractivity contribution >= 4 is 17.9 Å². The third kappa shape index (κ3) is 78.7. The minimum Gasteiger partial charge on any atom is -0.545 e. The van der Waals surface area contributed by atoms with Gasteiger partial charge < -0.3 is 33.3 Å². The molecule has 0 spiro atoms. The second-order valence-corrected chi connectivity index (χ2v) is 30.1. The number of rotatable bonds is 80. The largest absolute Gasteiger partial charge is 0.545 e. The average Bonchev–Trinajstić information content (AvgIpc) is 3.24. The van der Waals surface area contributed by atoms with Gasteiger partial charge in [-0.05, 0) is 70.6 Å². The van der Waals surface area contributed by atoms with Crippen LogP contribution in [0.25, 0.3) is 0 Å². The van der Waals surface area contributed by atoms with Crippen LogP contribution in [0.4, 0.5) is 0 Å². The number of quaternary nitrogens is 1. The number of esters is 2. The molecule has 0 fully saturated rings. The van der Waals surface area contributed by atoms with Gasteiger partial charge in [0.1, 0.15) is 13.2 Å². The van der Waals surface area contributed by atoms with Crippen LogP contribution in [0.3, 0.4) is 0 Å². The van der Waals surface area contributed by atoms with Gasteiger partial charge in [0.2, 0.25) is 0 Å². The number of carboxylic acids is 1. The first kappa shape index (κ1) is 92.5. The molecule has 0 aromatic carbocycles. The van der Waals surface area contributed by atoms with E-state index in [1.807, 2.05) is 21.1 Å². The lowest BCUT2D eigenvalue weighted by molar-refractivity contribution is -0.870.